The van der Waals surface area contributed by atoms with Gasteiger partial charge in [0.05, 0.1) is 24.5 Å². The van der Waals surface area contributed by atoms with E-state index in [-0.39, 0.29) is 48.8 Å². The maximum atomic E-state index is 14.9. The number of anilines is 3. The Morgan fingerprint density at radius 1 is 0.959 bits per heavy atom. The fraction of sp³-hybridized carbons (Fsp3) is 0.500. The highest BCUT2D eigenvalue weighted by Gasteiger charge is 2.77. The topological polar surface area (TPSA) is 103 Å². The van der Waals surface area contributed by atoms with Gasteiger partial charge in [-0.05, 0) is 88.6 Å². The minimum Gasteiger partial charge on any atom is -0.494 e. The number of carbonyl (C=O) groups excluding carboxylic acids is 3. The average molecular weight is 738 g/mol. The monoisotopic (exact) mass is 736 g/mol. The normalized spacial score (nSPS) is 25.2. The molecule has 49 heavy (non-hydrogen) atoms. The van der Waals surface area contributed by atoms with Crippen molar-refractivity contribution in [3.8, 4) is 5.75 Å². The molecule has 3 fully saturated rings. The van der Waals surface area contributed by atoms with Crippen LogP contribution in [0.1, 0.15) is 40.0 Å². The second-order valence-electron chi connectivity index (χ2n) is 12.7. The van der Waals surface area contributed by atoms with Crippen molar-refractivity contribution in [3.63, 3.8) is 0 Å². The van der Waals surface area contributed by atoms with Crippen molar-refractivity contribution < 1.29 is 29.0 Å². The van der Waals surface area contributed by atoms with Gasteiger partial charge in [0.15, 0.2) is 0 Å². The lowest BCUT2D eigenvalue weighted by atomic mass is 9.70. The van der Waals surface area contributed by atoms with Gasteiger partial charge in [-0.3, -0.25) is 14.4 Å². The first-order valence-corrected chi connectivity index (χ1v) is 18.3. The van der Waals surface area contributed by atoms with Crippen LogP contribution >= 0.6 is 15.9 Å². The molecule has 264 valence electrons. The van der Waals surface area contributed by atoms with Gasteiger partial charge in [-0.25, -0.2) is 0 Å². The number of nitrogens with zero attached hydrogens (tertiary/aromatic N) is 4. The summed E-state index contributed by atoms with van der Waals surface area (Å²) in [7, 11) is 0. The standard InChI is InChI=1S/C38H49BrN4O6/c1-6-21-41(28-17-19-29(20-18-28)48-10-5)35(45)31-32-36(46)43(23-11-12-24-44)34(38(32)25-30(39)33(31)49-38)37(47)42(22-7-2)27-15-13-26(14-16-27)40(8-3)9-4/h6-7,13-20,30-34,44H,1-2,8-12,21-25H2,3-5H3/t30?,31-,32+,33-,34?,38?/m1/s1. The van der Waals surface area contributed by atoms with Gasteiger partial charge >= 0.3 is 0 Å². The largest absolute Gasteiger partial charge is 0.494 e. The summed E-state index contributed by atoms with van der Waals surface area (Å²) in [5.74, 6) is -1.78. The summed E-state index contributed by atoms with van der Waals surface area (Å²) in [6.07, 6.45) is 4.11. The Morgan fingerprint density at radius 3 is 2.08 bits per heavy atom. The molecule has 3 amide bonds. The van der Waals surface area contributed by atoms with Crippen molar-refractivity contribution in [2.45, 2.75) is 62.6 Å². The third-order valence-corrected chi connectivity index (χ3v) is 10.9. The molecule has 3 aliphatic heterocycles. The van der Waals surface area contributed by atoms with Gasteiger partial charge < -0.3 is 34.2 Å². The summed E-state index contributed by atoms with van der Waals surface area (Å²) in [6, 6.07) is 14.2. The lowest BCUT2D eigenvalue weighted by Crippen LogP contribution is -2.57. The summed E-state index contributed by atoms with van der Waals surface area (Å²) >= 11 is 3.79. The Bertz CT molecular complexity index is 1500. The van der Waals surface area contributed by atoms with Crippen LogP contribution in [0, 0.1) is 11.8 Å². The number of hydrogen-bond donors (Lipinski definition) is 1. The molecular weight excluding hydrogens is 688 g/mol. The van der Waals surface area contributed by atoms with E-state index in [0.29, 0.717) is 43.0 Å². The molecule has 11 heteroatoms. The van der Waals surface area contributed by atoms with Gasteiger partial charge in [0.2, 0.25) is 11.8 Å². The van der Waals surface area contributed by atoms with Gasteiger partial charge in [0.25, 0.3) is 5.91 Å². The van der Waals surface area contributed by atoms with Crippen LogP contribution in [-0.4, -0.2) is 96.2 Å². The maximum absolute atomic E-state index is 14.9. The molecule has 10 nitrogen and oxygen atoms in total. The quantitative estimate of drug-likeness (QED) is 0.136. The number of hydrogen-bond acceptors (Lipinski definition) is 7. The number of aliphatic hydroxyl groups is 1. The molecule has 3 heterocycles. The van der Waals surface area contributed by atoms with E-state index in [2.05, 4.69) is 47.8 Å². The van der Waals surface area contributed by atoms with Crippen LogP contribution in [0.25, 0.3) is 0 Å². The summed E-state index contributed by atoms with van der Waals surface area (Å²) < 4.78 is 12.4. The SMILES string of the molecule is C=CCN(C(=O)C1N(CCCCO)C(=O)[C@@H]2[C@@H](C(=O)N(CC=C)c3ccc(OCC)cc3)[C@@H]3OC12CC3Br)c1ccc(N(CC)CC)cc1. The smallest absolute Gasteiger partial charge is 0.253 e. The first kappa shape index (κ1) is 36.6. The van der Waals surface area contributed by atoms with Crippen molar-refractivity contribution >= 4 is 50.7 Å². The number of benzene rings is 2. The first-order valence-electron chi connectivity index (χ1n) is 17.4. The van der Waals surface area contributed by atoms with E-state index in [0.717, 1.165) is 18.8 Å². The molecule has 0 aliphatic carbocycles. The van der Waals surface area contributed by atoms with E-state index in [1.54, 1.807) is 26.9 Å². The average Bonchev–Trinajstić information content (AvgIpc) is 3.70. The number of unbranched alkanes of at least 4 members (excludes halogenated alkanes) is 1. The second-order valence-corrected chi connectivity index (χ2v) is 13.9. The Morgan fingerprint density at radius 2 is 1.53 bits per heavy atom. The number of fused-ring (bicyclic) bond motifs is 1. The predicted octanol–water partition coefficient (Wildman–Crippen LogP) is 5.19. The molecule has 1 N–H and O–H groups in total. The molecule has 2 aromatic rings. The molecule has 2 bridgehead atoms. The molecular formula is C38H49BrN4O6. The van der Waals surface area contributed by atoms with Crippen LogP contribution in [0.15, 0.2) is 73.8 Å². The number of likely N-dealkylation sites (tertiary alicyclic amines) is 1. The molecule has 0 aromatic heterocycles. The molecule has 3 aliphatic rings. The number of ether oxygens (including phenoxy) is 2. The number of aliphatic hydroxyl groups excluding tert-OH is 1. The van der Waals surface area contributed by atoms with E-state index in [1.165, 1.54) is 0 Å². The fourth-order valence-corrected chi connectivity index (χ4v) is 8.82. The van der Waals surface area contributed by atoms with E-state index >= 15 is 0 Å². The molecule has 2 aromatic carbocycles. The van der Waals surface area contributed by atoms with E-state index < -0.39 is 29.6 Å². The predicted molar refractivity (Wildman–Crippen MR) is 196 cm³/mol. The van der Waals surface area contributed by atoms with Gasteiger partial charge in [0.1, 0.15) is 17.4 Å². The van der Waals surface area contributed by atoms with Gasteiger partial charge in [-0.15, -0.1) is 13.2 Å². The third-order valence-electron chi connectivity index (χ3n) is 10.0. The van der Waals surface area contributed by atoms with Crippen molar-refractivity contribution in [2.75, 3.05) is 60.6 Å². The summed E-state index contributed by atoms with van der Waals surface area (Å²) in [5.41, 5.74) is 1.18. The highest BCUT2D eigenvalue weighted by Crippen LogP contribution is 2.60. The molecule has 5 rings (SSSR count). The number of rotatable bonds is 17. The summed E-state index contributed by atoms with van der Waals surface area (Å²) in [6.45, 7) is 16.9. The lowest BCUT2D eigenvalue weighted by molar-refractivity contribution is -0.140. The van der Waals surface area contributed by atoms with Crippen molar-refractivity contribution in [1.29, 1.82) is 0 Å². The van der Waals surface area contributed by atoms with Crippen molar-refractivity contribution in [3.05, 3.63) is 73.8 Å². The van der Waals surface area contributed by atoms with Crippen LogP contribution < -0.4 is 19.4 Å². The van der Waals surface area contributed by atoms with Crippen LogP contribution in [0.3, 0.4) is 0 Å². The lowest BCUT2D eigenvalue weighted by Gasteiger charge is -2.37. The third kappa shape index (κ3) is 6.77. The van der Waals surface area contributed by atoms with Gasteiger partial charge in [-0.1, -0.05) is 28.1 Å². The highest BCUT2D eigenvalue weighted by molar-refractivity contribution is 9.09. The van der Waals surface area contributed by atoms with Crippen LogP contribution in [0.2, 0.25) is 0 Å². The van der Waals surface area contributed by atoms with Crippen LogP contribution in [0.4, 0.5) is 17.1 Å². The molecule has 3 saturated heterocycles. The fourth-order valence-electron chi connectivity index (χ4n) is 7.88. The maximum Gasteiger partial charge on any atom is 0.253 e. The minimum absolute atomic E-state index is 0.0293. The number of carbonyl (C=O) groups is 3. The van der Waals surface area contributed by atoms with Gasteiger partial charge in [-0.2, -0.15) is 0 Å². The Balaban J connectivity index is 1.53. The van der Waals surface area contributed by atoms with E-state index in [1.807, 2.05) is 55.5 Å². The van der Waals surface area contributed by atoms with E-state index in [9.17, 15) is 19.5 Å². The zero-order valence-electron chi connectivity index (χ0n) is 28.8. The second kappa shape index (κ2) is 15.9. The van der Waals surface area contributed by atoms with Crippen molar-refractivity contribution in [2.24, 2.45) is 11.8 Å². The molecule has 0 saturated carbocycles. The highest BCUT2D eigenvalue weighted by atomic mass is 79.9. The molecule has 6 atom stereocenters. The summed E-state index contributed by atoms with van der Waals surface area (Å²) in [5, 5.41) is 9.58. The molecule has 0 radical (unpaired) electrons. The van der Waals surface area contributed by atoms with E-state index in [4.69, 9.17) is 9.47 Å². The molecule has 3 unspecified atom stereocenters. The number of amides is 3. The first-order chi connectivity index (χ1) is 23.7. The Hall–Kier alpha value is -3.67. The number of halogens is 1. The minimum atomic E-state index is -1.22. The summed E-state index contributed by atoms with van der Waals surface area (Å²) in [4.78, 5) is 51.0. The zero-order valence-corrected chi connectivity index (χ0v) is 30.4. The van der Waals surface area contributed by atoms with Crippen LogP contribution in [0.5, 0.6) is 5.75 Å². The zero-order chi connectivity index (χ0) is 35.3. The Labute approximate surface area is 298 Å². The Kier molecular flexibility index (Phi) is 11.9. The van der Waals surface area contributed by atoms with Crippen molar-refractivity contribution in [1.82, 2.24) is 4.90 Å². The van der Waals surface area contributed by atoms with Gasteiger partial charge in [0, 0.05) is 61.2 Å². The molecule has 1 spiro atoms. The number of alkyl halides is 1. The van der Waals surface area contributed by atoms with Crippen LogP contribution in [-0.2, 0) is 19.1 Å².